The minimum absolute atomic E-state index is 0.353. The van der Waals surface area contributed by atoms with Crippen molar-refractivity contribution >= 4 is 0 Å². The van der Waals surface area contributed by atoms with Gasteiger partial charge < -0.3 is 14.6 Å². The van der Waals surface area contributed by atoms with Gasteiger partial charge in [0.15, 0.2) is 11.5 Å². The van der Waals surface area contributed by atoms with E-state index in [4.69, 9.17) is 14.7 Å². The maximum atomic E-state index is 9.54. The topological polar surface area (TPSA) is 75.4 Å². The number of hydrogen-bond donors (Lipinski definition) is 1. The Balaban J connectivity index is 2.30. The van der Waals surface area contributed by atoms with Crippen LogP contribution in [0.3, 0.4) is 0 Å². The zero-order chi connectivity index (χ0) is 14.5. The summed E-state index contributed by atoms with van der Waals surface area (Å²) in [5, 5.41) is 18.4. The molecule has 1 aromatic carbocycles. The smallest absolute Gasteiger partial charge is 0.219 e. The Morgan fingerprint density at radius 2 is 2.05 bits per heavy atom. The van der Waals surface area contributed by atoms with Crippen LogP contribution in [0.2, 0.25) is 0 Å². The lowest BCUT2D eigenvalue weighted by atomic mass is 10.2. The fraction of sp³-hybridized carbons (Fsp3) is 0.200. The molecule has 1 N–H and O–H groups in total. The minimum atomic E-state index is -0.594. The predicted molar refractivity (Wildman–Crippen MR) is 72.7 cm³/mol. The van der Waals surface area contributed by atoms with E-state index < -0.39 is 6.10 Å². The van der Waals surface area contributed by atoms with Crippen molar-refractivity contribution in [1.29, 1.82) is 5.26 Å². The van der Waals surface area contributed by atoms with Gasteiger partial charge in [0.25, 0.3) is 0 Å². The van der Waals surface area contributed by atoms with E-state index in [1.807, 2.05) is 6.07 Å². The van der Waals surface area contributed by atoms with E-state index in [0.717, 1.165) is 0 Å². The van der Waals surface area contributed by atoms with Crippen molar-refractivity contribution in [3.8, 4) is 23.4 Å². The van der Waals surface area contributed by atoms with Crippen molar-refractivity contribution in [2.75, 3.05) is 7.11 Å². The van der Waals surface area contributed by atoms with Gasteiger partial charge in [0, 0.05) is 18.3 Å². The molecule has 0 aliphatic heterocycles. The Morgan fingerprint density at radius 1 is 1.25 bits per heavy atom. The normalized spacial score (nSPS) is 11.5. The summed E-state index contributed by atoms with van der Waals surface area (Å²) < 4.78 is 10.8. The molecule has 1 heterocycles. The molecule has 5 heteroatoms. The molecule has 102 valence electrons. The Labute approximate surface area is 117 Å². The van der Waals surface area contributed by atoms with Gasteiger partial charge in [-0.3, -0.25) is 0 Å². The van der Waals surface area contributed by atoms with Gasteiger partial charge in [0.2, 0.25) is 5.88 Å². The van der Waals surface area contributed by atoms with E-state index >= 15 is 0 Å². The van der Waals surface area contributed by atoms with E-state index in [1.54, 1.807) is 43.5 Å². The van der Waals surface area contributed by atoms with Crippen LogP contribution in [0, 0.1) is 11.3 Å². The lowest BCUT2D eigenvalue weighted by Crippen LogP contribution is -1.96. The lowest BCUT2D eigenvalue weighted by Gasteiger charge is -2.11. The maximum Gasteiger partial charge on any atom is 0.219 e. The Kier molecular flexibility index (Phi) is 4.18. The van der Waals surface area contributed by atoms with Crippen LogP contribution in [0.1, 0.15) is 24.2 Å². The molecule has 0 fully saturated rings. The second-order valence-corrected chi connectivity index (χ2v) is 4.18. The average molecular weight is 270 g/mol. The van der Waals surface area contributed by atoms with Crippen molar-refractivity contribution in [2.45, 2.75) is 13.0 Å². The Morgan fingerprint density at radius 3 is 2.70 bits per heavy atom. The fourth-order valence-electron chi connectivity index (χ4n) is 1.67. The fourth-order valence-corrected chi connectivity index (χ4v) is 1.67. The van der Waals surface area contributed by atoms with Crippen LogP contribution in [0.15, 0.2) is 36.5 Å². The lowest BCUT2D eigenvalue weighted by molar-refractivity contribution is 0.198. The summed E-state index contributed by atoms with van der Waals surface area (Å²) in [6.45, 7) is 1.67. The first-order valence-electron chi connectivity index (χ1n) is 6.04. The van der Waals surface area contributed by atoms with Gasteiger partial charge in [-0.2, -0.15) is 5.26 Å². The number of hydrogen-bond acceptors (Lipinski definition) is 5. The quantitative estimate of drug-likeness (QED) is 0.924. The third kappa shape index (κ3) is 3.05. The van der Waals surface area contributed by atoms with Gasteiger partial charge in [0.1, 0.15) is 0 Å². The van der Waals surface area contributed by atoms with Crippen molar-refractivity contribution in [3.05, 3.63) is 47.7 Å². The number of aliphatic hydroxyl groups excluding tert-OH is 1. The molecule has 0 amide bonds. The van der Waals surface area contributed by atoms with Crippen LogP contribution in [-0.2, 0) is 0 Å². The predicted octanol–water partition coefficient (Wildman–Crippen LogP) is 2.81. The van der Waals surface area contributed by atoms with E-state index in [1.165, 1.54) is 7.11 Å². The molecule has 1 aromatic heterocycles. The van der Waals surface area contributed by atoms with E-state index in [9.17, 15) is 5.11 Å². The van der Waals surface area contributed by atoms with Gasteiger partial charge in [0.05, 0.1) is 24.8 Å². The van der Waals surface area contributed by atoms with Gasteiger partial charge in [-0.15, -0.1) is 0 Å². The second kappa shape index (κ2) is 6.04. The highest BCUT2D eigenvalue weighted by molar-refractivity contribution is 5.48. The summed E-state index contributed by atoms with van der Waals surface area (Å²) in [6, 6.07) is 10.3. The van der Waals surface area contributed by atoms with Crippen molar-refractivity contribution in [3.63, 3.8) is 0 Å². The summed E-state index contributed by atoms with van der Waals surface area (Å²) in [7, 11) is 1.50. The van der Waals surface area contributed by atoms with Crippen LogP contribution in [0.25, 0.3) is 0 Å². The van der Waals surface area contributed by atoms with Crippen molar-refractivity contribution in [2.24, 2.45) is 0 Å². The molecular weight excluding hydrogens is 256 g/mol. The molecular formula is C15H14N2O3. The summed E-state index contributed by atoms with van der Waals surface area (Å²) in [5.74, 6) is 1.27. The molecule has 0 unspecified atom stereocenters. The third-order valence-electron chi connectivity index (χ3n) is 2.75. The average Bonchev–Trinajstić information content (AvgIpc) is 2.48. The Hall–Kier alpha value is -2.58. The zero-order valence-electron chi connectivity index (χ0n) is 11.2. The zero-order valence-corrected chi connectivity index (χ0v) is 11.2. The summed E-state index contributed by atoms with van der Waals surface area (Å²) in [4.78, 5) is 4.08. The molecule has 1 atom stereocenters. The number of benzene rings is 1. The summed E-state index contributed by atoms with van der Waals surface area (Å²) >= 11 is 0. The highest BCUT2D eigenvalue weighted by Crippen LogP contribution is 2.32. The largest absolute Gasteiger partial charge is 0.493 e. The van der Waals surface area contributed by atoms with Crippen LogP contribution in [0.5, 0.6) is 17.4 Å². The first kappa shape index (κ1) is 13.8. The van der Waals surface area contributed by atoms with E-state index in [2.05, 4.69) is 4.98 Å². The van der Waals surface area contributed by atoms with Crippen LogP contribution < -0.4 is 9.47 Å². The van der Waals surface area contributed by atoms with Crippen molar-refractivity contribution in [1.82, 2.24) is 4.98 Å². The molecule has 0 radical (unpaired) electrons. The molecule has 5 nitrogen and oxygen atoms in total. The number of rotatable bonds is 4. The first-order valence-corrected chi connectivity index (χ1v) is 6.04. The number of ether oxygens (including phenoxy) is 2. The summed E-state index contributed by atoms with van der Waals surface area (Å²) in [5.41, 5.74) is 1.20. The molecule has 0 aliphatic carbocycles. The molecule has 0 aliphatic rings. The van der Waals surface area contributed by atoms with Gasteiger partial charge in [-0.05, 0) is 30.7 Å². The SMILES string of the molecule is COc1cc(C#N)ccc1Oc1cc([C@H](C)O)ccn1. The van der Waals surface area contributed by atoms with Crippen LogP contribution >= 0.6 is 0 Å². The van der Waals surface area contributed by atoms with Crippen molar-refractivity contribution < 1.29 is 14.6 Å². The molecule has 0 spiro atoms. The standard InChI is InChI=1S/C15H14N2O3/c1-10(18)12-5-6-17-15(8-12)20-13-4-3-11(9-16)7-14(13)19-2/h3-8,10,18H,1-2H3/t10-/m0/s1. The van der Waals surface area contributed by atoms with E-state index in [0.29, 0.717) is 28.5 Å². The van der Waals surface area contributed by atoms with Crippen LogP contribution in [0.4, 0.5) is 0 Å². The highest BCUT2D eigenvalue weighted by Gasteiger charge is 2.09. The monoisotopic (exact) mass is 270 g/mol. The molecule has 0 saturated carbocycles. The molecule has 0 bridgehead atoms. The van der Waals surface area contributed by atoms with Gasteiger partial charge in [-0.1, -0.05) is 0 Å². The third-order valence-corrected chi connectivity index (χ3v) is 2.75. The first-order chi connectivity index (χ1) is 9.63. The number of aromatic nitrogens is 1. The maximum absolute atomic E-state index is 9.54. The second-order valence-electron chi connectivity index (χ2n) is 4.18. The number of pyridine rings is 1. The molecule has 20 heavy (non-hydrogen) atoms. The summed E-state index contributed by atoms with van der Waals surface area (Å²) in [6.07, 6.45) is 0.969. The van der Waals surface area contributed by atoms with Gasteiger partial charge >= 0.3 is 0 Å². The van der Waals surface area contributed by atoms with Gasteiger partial charge in [-0.25, -0.2) is 4.98 Å². The number of aliphatic hydroxyl groups is 1. The van der Waals surface area contributed by atoms with E-state index in [-0.39, 0.29) is 0 Å². The molecule has 2 rings (SSSR count). The molecule has 0 saturated heterocycles. The Bertz CT molecular complexity index is 648. The molecule has 2 aromatic rings. The number of methoxy groups -OCH3 is 1. The number of nitriles is 1. The highest BCUT2D eigenvalue weighted by atomic mass is 16.5. The number of nitrogens with zero attached hydrogens (tertiary/aromatic N) is 2. The van der Waals surface area contributed by atoms with Crippen LogP contribution in [-0.4, -0.2) is 17.2 Å². The minimum Gasteiger partial charge on any atom is -0.493 e.